The first-order valence-corrected chi connectivity index (χ1v) is 7.27. The van der Waals surface area contributed by atoms with Crippen molar-refractivity contribution in [3.05, 3.63) is 23.6 Å². The molecule has 0 atom stereocenters. The molecule has 0 radical (unpaired) electrons. The molecule has 0 saturated heterocycles. The number of hydrogen-bond donors (Lipinski definition) is 1. The van der Waals surface area contributed by atoms with Crippen LogP contribution in [0.25, 0.3) is 0 Å². The van der Waals surface area contributed by atoms with Gasteiger partial charge in [-0.3, -0.25) is 0 Å². The van der Waals surface area contributed by atoms with E-state index in [0.29, 0.717) is 24.2 Å². The third kappa shape index (κ3) is 4.63. The molecule has 0 aliphatic heterocycles. The van der Waals surface area contributed by atoms with Crippen LogP contribution in [-0.4, -0.2) is 31.7 Å². The molecule has 2 rings (SSSR count). The van der Waals surface area contributed by atoms with E-state index < -0.39 is 0 Å². The van der Waals surface area contributed by atoms with Crippen molar-refractivity contribution >= 4 is 0 Å². The van der Waals surface area contributed by atoms with Gasteiger partial charge in [-0.15, -0.1) is 5.10 Å². The normalized spacial score (nSPS) is 12.3. The van der Waals surface area contributed by atoms with Gasteiger partial charge in [0, 0.05) is 12.0 Å². The van der Waals surface area contributed by atoms with Crippen LogP contribution in [0.2, 0.25) is 0 Å². The van der Waals surface area contributed by atoms with Crippen molar-refractivity contribution in [3.63, 3.8) is 0 Å². The molecular weight excluding hydrogens is 268 g/mol. The van der Waals surface area contributed by atoms with Crippen LogP contribution >= 0.6 is 0 Å². The van der Waals surface area contributed by atoms with Crippen molar-refractivity contribution in [1.82, 2.24) is 30.5 Å². The zero-order valence-corrected chi connectivity index (χ0v) is 13.4. The highest BCUT2D eigenvalue weighted by atomic mass is 16.5. The Morgan fingerprint density at radius 3 is 2.71 bits per heavy atom. The van der Waals surface area contributed by atoms with Gasteiger partial charge in [0.15, 0.2) is 5.82 Å². The van der Waals surface area contributed by atoms with E-state index in [4.69, 9.17) is 4.52 Å². The molecule has 0 saturated carbocycles. The van der Waals surface area contributed by atoms with Gasteiger partial charge in [0.1, 0.15) is 6.54 Å². The molecule has 2 aromatic rings. The zero-order chi connectivity index (χ0) is 15.5. The lowest BCUT2D eigenvalue weighted by Gasteiger charge is -2.10. The van der Waals surface area contributed by atoms with E-state index in [9.17, 15) is 0 Å². The van der Waals surface area contributed by atoms with E-state index >= 15 is 0 Å². The quantitative estimate of drug-likeness (QED) is 0.873. The number of nitrogens with one attached hydrogen (secondary N) is 1. The van der Waals surface area contributed by atoms with Gasteiger partial charge in [-0.25, -0.2) is 4.68 Å². The Balaban J connectivity index is 1.91. The summed E-state index contributed by atoms with van der Waals surface area (Å²) in [4.78, 5) is 4.39. The van der Waals surface area contributed by atoms with Gasteiger partial charge in [-0.2, -0.15) is 4.98 Å². The summed E-state index contributed by atoms with van der Waals surface area (Å²) in [5, 5.41) is 15.5. The number of hydrogen-bond acceptors (Lipinski definition) is 6. The lowest BCUT2D eigenvalue weighted by molar-refractivity contribution is 0.317. The van der Waals surface area contributed by atoms with Gasteiger partial charge in [-0.05, 0) is 12.5 Å². The molecule has 0 amide bonds. The standard InChI is InChI=1S/C14H24N6O/c1-10(2)6-15-7-11-8-20(19-17-11)9-12-16-13(21-18-12)14(3,4)5/h8,10,15H,6-7,9H2,1-5H3. The van der Waals surface area contributed by atoms with Gasteiger partial charge in [0.2, 0.25) is 5.89 Å². The highest BCUT2D eigenvalue weighted by molar-refractivity contribution is 4.99. The van der Waals surface area contributed by atoms with Crippen LogP contribution in [-0.2, 0) is 18.5 Å². The molecule has 7 nitrogen and oxygen atoms in total. The Kier molecular flexibility index (Phi) is 4.72. The lowest BCUT2D eigenvalue weighted by Crippen LogP contribution is -2.19. The van der Waals surface area contributed by atoms with Crippen LogP contribution in [0.15, 0.2) is 10.7 Å². The third-order valence-corrected chi connectivity index (χ3v) is 2.86. The fraction of sp³-hybridized carbons (Fsp3) is 0.714. The summed E-state index contributed by atoms with van der Waals surface area (Å²) in [6, 6.07) is 0. The minimum absolute atomic E-state index is 0.139. The minimum Gasteiger partial charge on any atom is -0.339 e. The van der Waals surface area contributed by atoms with E-state index in [1.165, 1.54) is 0 Å². The summed E-state index contributed by atoms with van der Waals surface area (Å²) in [6.07, 6.45) is 1.90. The average molecular weight is 292 g/mol. The molecule has 0 bridgehead atoms. The molecule has 0 aliphatic rings. The molecule has 2 aromatic heterocycles. The van der Waals surface area contributed by atoms with Crippen LogP contribution in [0.3, 0.4) is 0 Å². The van der Waals surface area contributed by atoms with Crippen LogP contribution in [0.1, 0.15) is 52.0 Å². The molecule has 0 aromatic carbocycles. The van der Waals surface area contributed by atoms with E-state index in [1.54, 1.807) is 4.68 Å². The number of nitrogens with zero attached hydrogens (tertiary/aromatic N) is 5. The van der Waals surface area contributed by atoms with Gasteiger partial charge in [-0.1, -0.05) is 45.0 Å². The SMILES string of the molecule is CC(C)CNCc1cn(Cc2noc(C(C)(C)C)n2)nn1. The first kappa shape index (κ1) is 15.6. The highest BCUT2D eigenvalue weighted by Gasteiger charge is 2.21. The molecule has 2 heterocycles. The highest BCUT2D eigenvalue weighted by Crippen LogP contribution is 2.19. The summed E-state index contributed by atoms with van der Waals surface area (Å²) in [5.41, 5.74) is 0.773. The molecule has 116 valence electrons. The summed E-state index contributed by atoms with van der Waals surface area (Å²) >= 11 is 0. The Morgan fingerprint density at radius 2 is 2.10 bits per heavy atom. The second-order valence-corrected chi connectivity index (χ2v) is 6.70. The monoisotopic (exact) mass is 292 g/mol. The molecule has 0 unspecified atom stereocenters. The van der Waals surface area contributed by atoms with E-state index in [-0.39, 0.29) is 5.41 Å². The third-order valence-electron chi connectivity index (χ3n) is 2.86. The van der Waals surface area contributed by atoms with E-state index in [2.05, 4.69) is 39.6 Å². The van der Waals surface area contributed by atoms with Crippen LogP contribution in [0, 0.1) is 5.92 Å². The molecule has 0 spiro atoms. The maximum Gasteiger partial charge on any atom is 0.232 e. The Bertz CT molecular complexity index is 566. The molecule has 1 N–H and O–H groups in total. The van der Waals surface area contributed by atoms with E-state index in [1.807, 2.05) is 27.0 Å². The van der Waals surface area contributed by atoms with Gasteiger partial charge in [0.25, 0.3) is 0 Å². The molecule has 0 fully saturated rings. The predicted molar refractivity (Wildman–Crippen MR) is 78.7 cm³/mol. The topological polar surface area (TPSA) is 81.7 Å². The molecule has 21 heavy (non-hydrogen) atoms. The van der Waals surface area contributed by atoms with Crippen molar-refractivity contribution in [2.24, 2.45) is 5.92 Å². The maximum atomic E-state index is 5.26. The molecule has 7 heteroatoms. The fourth-order valence-corrected chi connectivity index (χ4v) is 1.75. The van der Waals surface area contributed by atoms with Gasteiger partial charge < -0.3 is 9.84 Å². The maximum absolute atomic E-state index is 5.26. The van der Waals surface area contributed by atoms with Crippen molar-refractivity contribution in [2.75, 3.05) is 6.54 Å². The smallest absolute Gasteiger partial charge is 0.232 e. The van der Waals surface area contributed by atoms with Crippen molar-refractivity contribution in [2.45, 2.75) is 53.1 Å². The second kappa shape index (κ2) is 6.34. The van der Waals surface area contributed by atoms with Crippen molar-refractivity contribution < 1.29 is 4.52 Å². The number of rotatable bonds is 6. The van der Waals surface area contributed by atoms with E-state index in [0.717, 1.165) is 18.8 Å². The summed E-state index contributed by atoms with van der Waals surface area (Å²) in [5.74, 6) is 1.87. The Labute approximate surface area is 125 Å². The van der Waals surface area contributed by atoms with Gasteiger partial charge >= 0.3 is 0 Å². The van der Waals surface area contributed by atoms with Crippen LogP contribution < -0.4 is 5.32 Å². The first-order chi connectivity index (χ1) is 9.84. The van der Waals surface area contributed by atoms with Crippen LogP contribution in [0.4, 0.5) is 0 Å². The van der Waals surface area contributed by atoms with Crippen molar-refractivity contribution in [1.29, 1.82) is 0 Å². The largest absolute Gasteiger partial charge is 0.339 e. The molecular formula is C14H24N6O. The van der Waals surface area contributed by atoms with Gasteiger partial charge in [0.05, 0.1) is 11.9 Å². The van der Waals surface area contributed by atoms with Crippen molar-refractivity contribution in [3.8, 4) is 0 Å². The second-order valence-electron chi connectivity index (χ2n) is 6.70. The first-order valence-electron chi connectivity index (χ1n) is 7.27. The summed E-state index contributed by atoms with van der Waals surface area (Å²) < 4.78 is 6.99. The number of aromatic nitrogens is 5. The fourth-order valence-electron chi connectivity index (χ4n) is 1.75. The molecule has 0 aliphatic carbocycles. The zero-order valence-electron chi connectivity index (χ0n) is 13.4. The predicted octanol–water partition coefficient (Wildman–Crippen LogP) is 1.75. The minimum atomic E-state index is -0.139. The van der Waals surface area contributed by atoms with Crippen LogP contribution in [0.5, 0.6) is 0 Å². The average Bonchev–Trinajstić information content (AvgIpc) is 2.98. The Hall–Kier alpha value is -1.76. The summed E-state index contributed by atoms with van der Waals surface area (Å²) in [6.45, 7) is 12.6. The summed E-state index contributed by atoms with van der Waals surface area (Å²) in [7, 11) is 0. The lowest BCUT2D eigenvalue weighted by atomic mass is 9.97. The Morgan fingerprint density at radius 1 is 1.33 bits per heavy atom.